The number of hydrogen-bond acceptors (Lipinski definition) is 5. The van der Waals surface area contributed by atoms with E-state index < -0.39 is 5.92 Å². The topological polar surface area (TPSA) is 80.6 Å². The molecule has 0 bridgehead atoms. The summed E-state index contributed by atoms with van der Waals surface area (Å²) >= 11 is 0. The number of amides is 1. The highest BCUT2D eigenvalue weighted by Gasteiger charge is 2.21. The Morgan fingerprint density at radius 1 is 1.04 bits per heavy atom. The van der Waals surface area contributed by atoms with Crippen molar-refractivity contribution in [2.75, 3.05) is 26.6 Å². The van der Waals surface area contributed by atoms with Gasteiger partial charge in [0.05, 0.1) is 27.4 Å². The fraction of sp³-hybridized carbons (Fsp3) is 0.263. The lowest BCUT2D eigenvalue weighted by molar-refractivity contribution is -0.118. The predicted molar refractivity (Wildman–Crippen MR) is 94.0 cm³/mol. The maximum Gasteiger partial charge on any atom is 0.242 e. The summed E-state index contributed by atoms with van der Waals surface area (Å²) in [5.74, 6) is 0.710. The molecule has 1 amide bonds. The van der Waals surface area contributed by atoms with Crippen LogP contribution in [0.5, 0.6) is 17.2 Å². The Morgan fingerprint density at radius 2 is 1.68 bits per heavy atom. The van der Waals surface area contributed by atoms with Crippen molar-refractivity contribution in [3.05, 3.63) is 48.0 Å². The van der Waals surface area contributed by atoms with Gasteiger partial charge in [-0.2, -0.15) is 5.26 Å². The first-order valence-corrected chi connectivity index (χ1v) is 7.66. The fourth-order valence-corrected chi connectivity index (χ4v) is 2.34. The lowest BCUT2D eigenvalue weighted by Gasteiger charge is -2.14. The molecule has 25 heavy (non-hydrogen) atoms. The standard InChI is InChI=1S/C19H20N2O4/c1-23-16-8-5-15(6-9-16)21-19(22)14(12-20)10-13-4-7-17(24-2)11-18(13)25-3/h4-9,11,14H,10H2,1-3H3,(H,21,22)/t14-/m0/s1. The van der Waals surface area contributed by atoms with Crippen LogP contribution in [0.1, 0.15) is 5.56 Å². The third-order valence-corrected chi connectivity index (χ3v) is 3.75. The van der Waals surface area contributed by atoms with Gasteiger partial charge < -0.3 is 19.5 Å². The number of ether oxygens (including phenoxy) is 3. The first kappa shape index (κ1) is 18.1. The average molecular weight is 340 g/mol. The Morgan fingerprint density at radius 3 is 2.24 bits per heavy atom. The van der Waals surface area contributed by atoms with Crippen molar-refractivity contribution >= 4 is 11.6 Å². The van der Waals surface area contributed by atoms with Crippen LogP contribution in [-0.2, 0) is 11.2 Å². The van der Waals surface area contributed by atoms with Crippen LogP contribution in [0, 0.1) is 17.2 Å². The Hall–Kier alpha value is -3.20. The summed E-state index contributed by atoms with van der Waals surface area (Å²) < 4.78 is 15.6. The van der Waals surface area contributed by atoms with Gasteiger partial charge in [0.1, 0.15) is 23.2 Å². The zero-order chi connectivity index (χ0) is 18.2. The molecule has 0 aliphatic heterocycles. The molecule has 6 heteroatoms. The Balaban J connectivity index is 2.11. The molecule has 0 saturated carbocycles. The Kier molecular flexibility index (Phi) is 6.24. The van der Waals surface area contributed by atoms with Crippen molar-refractivity contribution in [1.29, 1.82) is 5.26 Å². The van der Waals surface area contributed by atoms with Gasteiger partial charge in [-0.05, 0) is 35.9 Å². The first-order chi connectivity index (χ1) is 12.1. The summed E-state index contributed by atoms with van der Waals surface area (Å²) in [4.78, 5) is 12.4. The number of rotatable bonds is 7. The van der Waals surface area contributed by atoms with Crippen molar-refractivity contribution < 1.29 is 19.0 Å². The molecule has 2 rings (SSSR count). The average Bonchev–Trinajstić information content (AvgIpc) is 2.66. The molecule has 1 atom stereocenters. The molecule has 0 aliphatic carbocycles. The zero-order valence-corrected chi connectivity index (χ0v) is 14.4. The van der Waals surface area contributed by atoms with Gasteiger partial charge >= 0.3 is 0 Å². The van der Waals surface area contributed by atoms with Crippen LogP contribution < -0.4 is 19.5 Å². The predicted octanol–water partition coefficient (Wildman–Crippen LogP) is 3.03. The lowest BCUT2D eigenvalue weighted by Crippen LogP contribution is -2.23. The largest absolute Gasteiger partial charge is 0.497 e. The second-order valence-corrected chi connectivity index (χ2v) is 5.28. The third kappa shape index (κ3) is 4.64. The maximum atomic E-state index is 12.4. The molecule has 2 aromatic rings. The number of benzene rings is 2. The minimum absolute atomic E-state index is 0.242. The molecule has 6 nitrogen and oxygen atoms in total. The van der Waals surface area contributed by atoms with Gasteiger partial charge in [-0.3, -0.25) is 4.79 Å². The van der Waals surface area contributed by atoms with Gasteiger partial charge in [-0.25, -0.2) is 0 Å². The number of carbonyl (C=O) groups excluding carboxylic acids is 1. The molecule has 0 aromatic heterocycles. The highest BCUT2D eigenvalue weighted by Crippen LogP contribution is 2.27. The minimum Gasteiger partial charge on any atom is -0.497 e. The highest BCUT2D eigenvalue weighted by molar-refractivity contribution is 5.94. The van der Waals surface area contributed by atoms with Gasteiger partial charge in [0.25, 0.3) is 0 Å². The molecular weight excluding hydrogens is 320 g/mol. The number of anilines is 1. The zero-order valence-electron chi connectivity index (χ0n) is 14.4. The SMILES string of the molecule is COc1ccc(NC(=O)[C@H](C#N)Cc2ccc(OC)cc2OC)cc1. The first-order valence-electron chi connectivity index (χ1n) is 7.66. The van der Waals surface area contributed by atoms with Crippen LogP contribution in [0.2, 0.25) is 0 Å². The monoisotopic (exact) mass is 340 g/mol. The van der Waals surface area contributed by atoms with Crippen LogP contribution >= 0.6 is 0 Å². The van der Waals surface area contributed by atoms with Crippen LogP contribution in [0.25, 0.3) is 0 Å². The smallest absolute Gasteiger partial charge is 0.242 e. The lowest BCUT2D eigenvalue weighted by atomic mass is 9.98. The number of nitrogens with one attached hydrogen (secondary N) is 1. The number of carbonyl (C=O) groups is 1. The maximum absolute atomic E-state index is 12.4. The van der Waals surface area contributed by atoms with Crippen molar-refractivity contribution in [2.24, 2.45) is 5.92 Å². The van der Waals surface area contributed by atoms with E-state index in [-0.39, 0.29) is 12.3 Å². The van der Waals surface area contributed by atoms with E-state index >= 15 is 0 Å². The quantitative estimate of drug-likeness (QED) is 0.838. The van der Waals surface area contributed by atoms with Crippen LogP contribution in [-0.4, -0.2) is 27.2 Å². The molecule has 0 fully saturated rings. The number of nitrogens with zero attached hydrogens (tertiary/aromatic N) is 1. The van der Waals surface area contributed by atoms with Crippen molar-refractivity contribution in [3.8, 4) is 23.3 Å². The summed E-state index contributed by atoms with van der Waals surface area (Å²) in [6.45, 7) is 0. The van der Waals surface area contributed by atoms with Crippen LogP contribution in [0.3, 0.4) is 0 Å². The summed E-state index contributed by atoms with van der Waals surface area (Å²) in [5, 5.41) is 12.1. The van der Waals surface area contributed by atoms with Gasteiger partial charge in [0.15, 0.2) is 0 Å². The number of nitriles is 1. The number of methoxy groups -OCH3 is 3. The van der Waals surface area contributed by atoms with Gasteiger partial charge in [-0.15, -0.1) is 0 Å². The molecule has 0 spiro atoms. The Bertz CT molecular complexity index is 766. The molecule has 1 N–H and O–H groups in total. The highest BCUT2D eigenvalue weighted by atomic mass is 16.5. The summed E-state index contributed by atoms with van der Waals surface area (Å²) in [7, 11) is 4.67. The number of hydrogen-bond donors (Lipinski definition) is 1. The van der Waals surface area contributed by atoms with Crippen molar-refractivity contribution in [2.45, 2.75) is 6.42 Å². The Labute approximate surface area is 146 Å². The van der Waals surface area contributed by atoms with E-state index in [1.54, 1.807) is 56.7 Å². The summed E-state index contributed by atoms with van der Waals surface area (Å²) in [6.07, 6.45) is 0.242. The minimum atomic E-state index is -0.843. The van der Waals surface area contributed by atoms with Crippen LogP contribution in [0.4, 0.5) is 5.69 Å². The van der Waals surface area contributed by atoms with Gasteiger partial charge in [-0.1, -0.05) is 6.07 Å². The van der Waals surface area contributed by atoms with Crippen molar-refractivity contribution in [1.82, 2.24) is 0 Å². The molecule has 0 saturated heterocycles. The van der Waals surface area contributed by atoms with E-state index in [0.717, 1.165) is 5.56 Å². The van der Waals surface area contributed by atoms with E-state index in [1.165, 1.54) is 7.11 Å². The van der Waals surface area contributed by atoms with E-state index in [1.807, 2.05) is 6.07 Å². The van der Waals surface area contributed by atoms with E-state index in [2.05, 4.69) is 5.32 Å². The molecule has 0 heterocycles. The second kappa shape index (κ2) is 8.60. The molecule has 0 unspecified atom stereocenters. The summed E-state index contributed by atoms with van der Waals surface area (Å²) in [6, 6.07) is 14.3. The molecule has 2 aromatic carbocycles. The van der Waals surface area contributed by atoms with E-state index in [4.69, 9.17) is 14.2 Å². The van der Waals surface area contributed by atoms with E-state index in [9.17, 15) is 10.1 Å². The van der Waals surface area contributed by atoms with Gasteiger partial charge in [0, 0.05) is 18.2 Å². The summed E-state index contributed by atoms with van der Waals surface area (Å²) in [5.41, 5.74) is 1.37. The molecule has 0 aliphatic rings. The van der Waals surface area contributed by atoms with Crippen LogP contribution in [0.15, 0.2) is 42.5 Å². The molecule has 130 valence electrons. The van der Waals surface area contributed by atoms with Crippen molar-refractivity contribution in [3.63, 3.8) is 0 Å². The normalized spacial score (nSPS) is 11.1. The molecular formula is C19H20N2O4. The third-order valence-electron chi connectivity index (χ3n) is 3.75. The second-order valence-electron chi connectivity index (χ2n) is 5.28. The van der Waals surface area contributed by atoms with Gasteiger partial charge in [0.2, 0.25) is 5.91 Å². The molecule has 0 radical (unpaired) electrons. The van der Waals surface area contributed by atoms with E-state index in [0.29, 0.717) is 22.9 Å². The fourth-order valence-electron chi connectivity index (χ4n) is 2.34.